The zero-order chi connectivity index (χ0) is 14.8. The van der Waals surface area contributed by atoms with E-state index in [1.165, 1.54) is 44.9 Å². The Bertz CT molecular complexity index is 295. The van der Waals surface area contributed by atoms with Gasteiger partial charge in [-0.3, -0.25) is 0 Å². The predicted molar refractivity (Wildman–Crippen MR) is 87.1 cm³/mol. The van der Waals surface area contributed by atoms with Gasteiger partial charge in [0.25, 0.3) is 0 Å². The highest BCUT2D eigenvalue weighted by molar-refractivity contribution is 6.70. The molecule has 0 aromatic rings. The second-order valence-corrected chi connectivity index (χ2v) is 11.4. The van der Waals surface area contributed by atoms with Crippen LogP contribution in [0.3, 0.4) is 0 Å². The molecule has 0 aliphatic heterocycles. The fourth-order valence-electron chi connectivity index (χ4n) is 4.78. The quantitative estimate of drug-likeness (QED) is 0.670. The van der Waals surface area contributed by atoms with Gasteiger partial charge in [-0.1, -0.05) is 46.5 Å². The minimum absolute atomic E-state index is 0.694. The van der Waals surface area contributed by atoms with E-state index in [9.17, 15) is 0 Å². The molecule has 3 atom stereocenters. The van der Waals surface area contributed by atoms with E-state index in [4.69, 9.17) is 8.85 Å². The molecule has 0 bridgehead atoms. The molecule has 3 unspecified atom stereocenters. The summed E-state index contributed by atoms with van der Waals surface area (Å²) in [7, 11) is 1.78. The Kier molecular flexibility index (Phi) is 5.72. The third kappa shape index (κ3) is 3.15. The molecule has 0 spiro atoms. The molecule has 2 rings (SSSR count). The maximum absolute atomic E-state index is 6.24. The Morgan fingerprint density at radius 1 is 0.750 bits per heavy atom. The second-order valence-electron chi connectivity index (χ2n) is 7.59. The molecule has 2 aliphatic carbocycles. The summed E-state index contributed by atoms with van der Waals surface area (Å²) in [6, 6.07) is 0. The maximum atomic E-state index is 6.24. The van der Waals surface area contributed by atoms with Gasteiger partial charge in [0.2, 0.25) is 0 Å². The molecule has 2 nitrogen and oxygen atoms in total. The molecule has 0 radical (unpaired) electrons. The Morgan fingerprint density at radius 3 is 1.85 bits per heavy atom. The number of rotatable bonds is 4. The van der Waals surface area contributed by atoms with Crippen molar-refractivity contribution in [3.05, 3.63) is 0 Å². The summed E-state index contributed by atoms with van der Waals surface area (Å²) in [4.78, 5) is 0. The van der Waals surface area contributed by atoms with E-state index in [-0.39, 0.29) is 0 Å². The average molecular weight is 299 g/mol. The zero-order valence-electron chi connectivity index (χ0n) is 14.2. The first-order valence-corrected chi connectivity index (χ1v) is 10.6. The van der Waals surface area contributed by atoms with E-state index >= 15 is 0 Å². The average Bonchev–Trinajstić information content (AvgIpc) is 2.46. The summed E-state index contributed by atoms with van der Waals surface area (Å²) in [5, 5.41) is 0. The molecular weight excluding hydrogens is 264 g/mol. The summed E-state index contributed by atoms with van der Waals surface area (Å²) in [5.41, 5.74) is 1.41. The molecule has 2 aliphatic rings. The maximum Gasteiger partial charge on any atom is 0.344 e. The van der Waals surface area contributed by atoms with Crippen molar-refractivity contribution in [2.45, 2.75) is 76.8 Å². The number of hydrogen-bond donors (Lipinski definition) is 0. The molecule has 2 saturated carbocycles. The predicted octanol–water partition coefficient (Wildman–Crippen LogP) is 5.13. The van der Waals surface area contributed by atoms with Gasteiger partial charge in [-0.25, -0.2) is 0 Å². The lowest BCUT2D eigenvalue weighted by atomic mass is 9.83. The molecule has 0 aromatic heterocycles. The van der Waals surface area contributed by atoms with Gasteiger partial charge in [-0.15, -0.1) is 0 Å². The van der Waals surface area contributed by atoms with E-state index in [0.717, 1.165) is 17.8 Å². The molecule has 2 fully saturated rings. The van der Waals surface area contributed by atoms with E-state index in [0.29, 0.717) is 11.1 Å². The lowest BCUT2D eigenvalue weighted by Crippen LogP contribution is -2.53. The van der Waals surface area contributed by atoms with Crippen LogP contribution in [0.4, 0.5) is 0 Å². The van der Waals surface area contributed by atoms with Crippen LogP contribution in [0.5, 0.6) is 0 Å². The van der Waals surface area contributed by atoms with E-state index in [1.54, 1.807) is 0 Å². The molecular formula is C17H34O2Si. The SMILES string of the molecule is CO[Si](OC)(C1CCC(C)CC1)C1CC(C)CCC1C. The van der Waals surface area contributed by atoms with Crippen molar-refractivity contribution in [2.75, 3.05) is 14.2 Å². The van der Waals surface area contributed by atoms with Crippen molar-refractivity contribution in [3.63, 3.8) is 0 Å². The topological polar surface area (TPSA) is 18.5 Å². The summed E-state index contributed by atoms with van der Waals surface area (Å²) >= 11 is 0. The molecule has 3 heteroatoms. The highest BCUT2D eigenvalue weighted by Crippen LogP contribution is 2.52. The minimum Gasteiger partial charge on any atom is -0.397 e. The van der Waals surface area contributed by atoms with Gasteiger partial charge in [0.05, 0.1) is 0 Å². The van der Waals surface area contributed by atoms with Crippen molar-refractivity contribution in [1.29, 1.82) is 0 Å². The molecule has 0 saturated heterocycles. The fourth-order valence-corrected chi connectivity index (χ4v) is 9.65. The van der Waals surface area contributed by atoms with Crippen LogP contribution in [-0.2, 0) is 8.85 Å². The van der Waals surface area contributed by atoms with Crippen LogP contribution in [-0.4, -0.2) is 22.8 Å². The van der Waals surface area contributed by atoms with Gasteiger partial charge in [-0.2, -0.15) is 0 Å². The van der Waals surface area contributed by atoms with Gasteiger partial charge < -0.3 is 8.85 Å². The van der Waals surface area contributed by atoms with Gasteiger partial charge in [0.15, 0.2) is 0 Å². The standard InChI is InChI=1S/C17H34O2Si/c1-13-7-10-16(11-8-13)20(18-4,19-5)17-12-14(2)6-9-15(17)3/h13-17H,6-12H2,1-5H3. The third-order valence-corrected chi connectivity index (χ3v) is 11.0. The Morgan fingerprint density at radius 2 is 1.30 bits per heavy atom. The first-order chi connectivity index (χ1) is 9.53. The Labute approximate surface area is 126 Å². The largest absolute Gasteiger partial charge is 0.397 e. The van der Waals surface area contributed by atoms with Gasteiger partial charge in [-0.05, 0) is 37.0 Å². The van der Waals surface area contributed by atoms with Gasteiger partial charge in [0, 0.05) is 25.3 Å². The van der Waals surface area contributed by atoms with Gasteiger partial charge >= 0.3 is 8.56 Å². The minimum atomic E-state index is -2.08. The van der Waals surface area contributed by atoms with Crippen LogP contribution in [0.2, 0.25) is 11.1 Å². The van der Waals surface area contributed by atoms with Crippen molar-refractivity contribution in [1.82, 2.24) is 0 Å². The Hall–Kier alpha value is 0.137. The van der Waals surface area contributed by atoms with Crippen molar-refractivity contribution in [3.8, 4) is 0 Å². The van der Waals surface area contributed by atoms with E-state index < -0.39 is 8.56 Å². The molecule has 0 aromatic carbocycles. The van der Waals surface area contributed by atoms with E-state index in [1.807, 2.05) is 14.2 Å². The molecule has 118 valence electrons. The lowest BCUT2D eigenvalue weighted by molar-refractivity contribution is 0.162. The van der Waals surface area contributed by atoms with Crippen LogP contribution in [0.1, 0.15) is 65.7 Å². The zero-order valence-corrected chi connectivity index (χ0v) is 15.2. The highest BCUT2D eigenvalue weighted by Gasteiger charge is 2.54. The van der Waals surface area contributed by atoms with Crippen LogP contribution >= 0.6 is 0 Å². The smallest absolute Gasteiger partial charge is 0.344 e. The normalized spacial score (nSPS) is 39.8. The van der Waals surface area contributed by atoms with E-state index in [2.05, 4.69) is 20.8 Å². The summed E-state index contributed by atoms with van der Waals surface area (Å²) in [6.45, 7) is 7.23. The Balaban J connectivity index is 2.19. The lowest BCUT2D eigenvalue weighted by Gasteiger charge is -2.48. The van der Waals surface area contributed by atoms with Crippen molar-refractivity contribution < 1.29 is 8.85 Å². The second kappa shape index (κ2) is 6.93. The van der Waals surface area contributed by atoms with Gasteiger partial charge in [0.1, 0.15) is 0 Å². The fraction of sp³-hybridized carbons (Fsp3) is 1.00. The van der Waals surface area contributed by atoms with Crippen LogP contribution < -0.4 is 0 Å². The first-order valence-electron chi connectivity index (χ1n) is 8.63. The summed E-state index contributed by atoms with van der Waals surface area (Å²) in [6.07, 6.45) is 9.44. The third-order valence-electron chi connectivity index (χ3n) is 6.20. The van der Waals surface area contributed by atoms with Crippen molar-refractivity contribution in [2.24, 2.45) is 17.8 Å². The molecule has 20 heavy (non-hydrogen) atoms. The molecule has 0 N–H and O–H groups in total. The molecule has 0 heterocycles. The number of hydrogen-bond acceptors (Lipinski definition) is 2. The molecule has 0 amide bonds. The van der Waals surface area contributed by atoms with Crippen molar-refractivity contribution >= 4 is 8.56 Å². The van der Waals surface area contributed by atoms with Crippen LogP contribution in [0.25, 0.3) is 0 Å². The first kappa shape index (κ1) is 16.5. The monoisotopic (exact) mass is 298 g/mol. The van der Waals surface area contributed by atoms with Crippen LogP contribution in [0.15, 0.2) is 0 Å². The highest BCUT2D eigenvalue weighted by atomic mass is 28.4. The summed E-state index contributed by atoms with van der Waals surface area (Å²) < 4.78 is 12.5. The van der Waals surface area contributed by atoms with Crippen LogP contribution in [0, 0.1) is 17.8 Å². The summed E-state index contributed by atoms with van der Waals surface area (Å²) in [5.74, 6) is 2.52.